The van der Waals surface area contributed by atoms with Crippen molar-refractivity contribution in [2.75, 3.05) is 7.11 Å². The molecular weight excluding hydrogens is 296 g/mol. The van der Waals surface area contributed by atoms with E-state index >= 15 is 0 Å². The molecule has 0 bridgehead atoms. The van der Waals surface area contributed by atoms with Crippen molar-refractivity contribution in [2.24, 2.45) is 23.2 Å². The van der Waals surface area contributed by atoms with E-state index in [0.717, 1.165) is 31.4 Å². The zero-order valence-electron chi connectivity index (χ0n) is 15.0. The number of aliphatic hydroxyl groups is 1. The molecule has 0 amide bonds. The minimum Gasteiger partial charge on any atom is -0.497 e. The highest BCUT2D eigenvalue weighted by Gasteiger charge is 2.62. The Hall–Kier alpha value is -1.46. The quantitative estimate of drug-likeness (QED) is 0.786. The molecule has 24 heavy (non-hydrogen) atoms. The van der Waals surface area contributed by atoms with E-state index in [2.05, 4.69) is 38.0 Å². The number of methoxy groups -OCH3 is 1. The molecule has 0 heterocycles. The summed E-state index contributed by atoms with van der Waals surface area (Å²) >= 11 is 0. The molecule has 0 spiro atoms. The van der Waals surface area contributed by atoms with Gasteiger partial charge in [0.25, 0.3) is 0 Å². The first kappa shape index (κ1) is 16.0. The molecule has 2 saturated carbocycles. The van der Waals surface area contributed by atoms with E-state index in [9.17, 15) is 5.11 Å². The number of rotatable bonds is 1. The van der Waals surface area contributed by atoms with Gasteiger partial charge in [0.2, 0.25) is 0 Å². The second-order valence-electron chi connectivity index (χ2n) is 8.54. The number of terminal acetylenes is 1. The zero-order valence-corrected chi connectivity index (χ0v) is 15.0. The van der Waals surface area contributed by atoms with Gasteiger partial charge in [0.15, 0.2) is 0 Å². The minimum atomic E-state index is -0.920. The molecule has 2 fully saturated rings. The Morgan fingerprint density at radius 3 is 2.83 bits per heavy atom. The van der Waals surface area contributed by atoms with Crippen LogP contribution in [-0.2, 0) is 6.42 Å². The Bertz CT molecular complexity index is 702. The van der Waals surface area contributed by atoms with Crippen LogP contribution in [0.4, 0.5) is 0 Å². The highest BCUT2D eigenvalue weighted by Crippen LogP contribution is 2.65. The predicted octanol–water partition coefficient (Wildman–Crippen LogP) is 4.16. The molecule has 0 saturated heterocycles. The van der Waals surface area contributed by atoms with E-state index in [1.165, 1.54) is 17.5 Å². The van der Waals surface area contributed by atoms with Gasteiger partial charge in [0.1, 0.15) is 11.4 Å². The van der Waals surface area contributed by atoms with Gasteiger partial charge in [-0.05, 0) is 79.0 Å². The number of hydrogen-bond donors (Lipinski definition) is 1. The molecule has 0 aliphatic heterocycles. The van der Waals surface area contributed by atoms with E-state index in [1.54, 1.807) is 7.11 Å². The van der Waals surface area contributed by atoms with Crippen molar-refractivity contribution in [1.29, 1.82) is 0 Å². The van der Waals surface area contributed by atoms with Crippen LogP contribution in [0.15, 0.2) is 18.2 Å². The molecule has 1 aromatic rings. The summed E-state index contributed by atoms with van der Waals surface area (Å²) in [6, 6.07) is 6.61. The lowest BCUT2D eigenvalue weighted by Crippen LogP contribution is -2.52. The molecule has 3 aliphatic carbocycles. The van der Waals surface area contributed by atoms with Crippen molar-refractivity contribution in [1.82, 2.24) is 0 Å². The second kappa shape index (κ2) is 5.27. The second-order valence-corrected chi connectivity index (χ2v) is 8.54. The van der Waals surface area contributed by atoms with E-state index in [4.69, 9.17) is 11.2 Å². The Kier molecular flexibility index (Phi) is 3.52. The summed E-state index contributed by atoms with van der Waals surface area (Å²) in [6.45, 7) is 4.61. The summed E-state index contributed by atoms with van der Waals surface area (Å²) in [5.41, 5.74) is 1.91. The largest absolute Gasteiger partial charge is 0.497 e. The number of ether oxygens (including phenoxy) is 1. The van der Waals surface area contributed by atoms with E-state index in [1.807, 2.05) is 0 Å². The van der Waals surface area contributed by atoms with Gasteiger partial charge in [-0.1, -0.05) is 25.8 Å². The van der Waals surface area contributed by atoms with Crippen molar-refractivity contribution in [2.45, 2.75) is 57.5 Å². The summed E-state index contributed by atoms with van der Waals surface area (Å²) in [5.74, 6) is 6.05. The van der Waals surface area contributed by atoms with E-state index in [0.29, 0.717) is 23.7 Å². The average Bonchev–Trinajstić information content (AvgIpc) is 2.85. The van der Waals surface area contributed by atoms with Crippen LogP contribution >= 0.6 is 0 Å². The normalized spacial score (nSPS) is 43.3. The lowest BCUT2D eigenvalue weighted by atomic mass is 9.50. The van der Waals surface area contributed by atoms with Crippen molar-refractivity contribution >= 4 is 0 Å². The zero-order chi connectivity index (χ0) is 17.1. The highest BCUT2D eigenvalue weighted by atomic mass is 16.5. The smallest absolute Gasteiger partial charge is 0.130 e. The molecule has 3 aliphatic rings. The molecule has 128 valence electrons. The summed E-state index contributed by atoms with van der Waals surface area (Å²) in [4.78, 5) is 0. The topological polar surface area (TPSA) is 29.5 Å². The van der Waals surface area contributed by atoms with Crippen molar-refractivity contribution in [3.05, 3.63) is 29.3 Å². The van der Waals surface area contributed by atoms with Crippen molar-refractivity contribution < 1.29 is 9.84 Å². The lowest BCUT2D eigenvalue weighted by molar-refractivity contribution is -0.0811. The Morgan fingerprint density at radius 2 is 2.12 bits per heavy atom. The van der Waals surface area contributed by atoms with Gasteiger partial charge in [-0.15, -0.1) is 6.42 Å². The average molecular weight is 324 g/mol. The maximum atomic E-state index is 11.1. The van der Waals surface area contributed by atoms with Gasteiger partial charge < -0.3 is 9.84 Å². The van der Waals surface area contributed by atoms with Crippen LogP contribution in [0, 0.1) is 35.5 Å². The lowest BCUT2D eigenvalue weighted by Gasteiger charge is -2.54. The number of fused-ring (bicyclic) bond motifs is 5. The molecule has 0 unspecified atom stereocenters. The summed E-state index contributed by atoms with van der Waals surface area (Å²) in [7, 11) is 1.74. The van der Waals surface area contributed by atoms with Crippen LogP contribution in [0.3, 0.4) is 0 Å². The van der Waals surface area contributed by atoms with Gasteiger partial charge >= 0.3 is 0 Å². The Labute approximate surface area is 145 Å². The van der Waals surface area contributed by atoms with Crippen molar-refractivity contribution in [3.63, 3.8) is 0 Å². The van der Waals surface area contributed by atoms with Crippen LogP contribution in [0.1, 0.15) is 56.6 Å². The van der Waals surface area contributed by atoms with Gasteiger partial charge in [-0.2, -0.15) is 0 Å². The van der Waals surface area contributed by atoms with Gasteiger partial charge in [-0.25, -0.2) is 0 Å². The number of aryl methyl sites for hydroxylation is 1. The standard InChI is InChI=1S/C22H28O2/c1-5-22(23)11-10-19-18-8-6-15-12-16(24-4)7-9-17(15)20(18)14(2)13-21(19,22)3/h1,7,9,12,14,18-20,23H,6,8,10-11,13H2,2-4H3/t14-,18+,19-,20+,21-,22+/m1/s1. The molecule has 1 aromatic carbocycles. The molecule has 0 radical (unpaired) electrons. The molecule has 6 atom stereocenters. The van der Waals surface area contributed by atoms with Gasteiger partial charge in [-0.3, -0.25) is 0 Å². The fourth-order valence-electron chi connectivity index (χ4n) is 6.48. The van der Waals surface area contributed by atoms with Crippen LogP contribution in [-0.4, -0.2) is 17.8 Å². The van der Waals surface area contributed by atoms with E-state index in [-0.39, 0.29) is 5.41 Å². The number of hydrogen-bond acceptors (Lipinski definition) is 2. The predicted molar refractivity (Wildman–Crippen MR) is 95.9 cm³/mol. The number of benzene rings is 1. The highest BCUT2D eigenvalue weighted by molar-refractivity contribution is 5.41. The van der Waals surface area contributed by atoms with Crippen LogP contribution < -0.4 is 4.74 Å². The fraction of sp³-hybridized carbons (Fsp3) is 0.636. The monoisotopic (exact) mass is 324 g/mol. The van der Waals surface area contributed by atoms with E-state index < -0.39 is 5.60 Å². The molecular formula is C22H28O2. The van der Waals surface area contributed by atoms with Crippen LogP contribution in [0.2, 0.25) is 0 Å². The molecule has 0 aromatic heterocycles. The summed E-state index contributed by atoms with van der Waals surface area (Å²) in [5, 5.41) is 11.1. The maximum Gasteiger partial charge on any atom is 0.130 e. The summed E-state index contributed by atoms with van der Waals surface area (Å²) < 4.78 is 5.42. The Balaban J connectivity index is 1.75. The molecule has 4 rings (SSSR count). The van der Waals surface area contributed by atoms with Gasteiger partial charge in [0, 0.05) is 5.41 Å². The SMILES string of the molecule is C#C[C@]1(O)CC[C@@H]2[C@@H]3CCc4cc(OC)ccc4[C@@H]3[C@H](C)C[C@]21C. The first-order chi connectivity index (χ1) is 11.4. The fourth-order valence-corrected chi connectivity index (χ4v) is 6.48. The summed E-state index contributed by atoms with van der Waals surface area (Å²) in [6.07, 6.45) is 10.9. The molecule has 2 nitrogen and oxygen atoms in total. The Morgan fingerprint density at radius 1 is 1.33 bits per heavy atom. The maximum absolute atomic E-state index is 11.1. The first-order valence-corrected chi connectivity index (χ1v) is 9.30. The third-order valence-electron chi connectivity index (χ3n) is 7.61. The molecule has 1 N–H and O–H groups in total. The first-order valence-electron chi connectivity index (χ1n) is 9.30. The van der Waals surface area contributed by atoms with Crippen LogP contribution in [0.5, 0.6) is 5.75 Å². The minimum absolute atomic E-state index is 0.133. The van der Waals surface area contributed by atoms with Crippen molar-refractivity contribution in [3.8, 4) is 18.1 Å². The third kappa shape index (κ3) is 1.94. The van der Waals surface area contributed by atoms with Gasteiger partial charge in [0.05, 0.1) is 7.11 Å². The molecule has 2 heteroatoms. The third-order valence-corrected chi connectivity index (χ3v) is 7.61. The van der Waals surface area contributed by atoms with Crippen LogP contribution in [0.25, 0.3) is 0 Å².